The van der Waals surface area contributed by atoms with Crippen molar-refractivity contribution in [2.24, 2.45) is 0 Å². The Labute approximate surface area is 117 Å². The molecule has 0 spiro atoms. The molecule has 0 radical (unpaired) electrons. The minimum absolute atomic E-state index is 0. The molecule has 0 fully saturated rings. The fraction of sp³-hybridized carbons (Fsp3) is 0.333. The molecular weight excluding hydrogens is 258 g/mol. The second-order valence-corrected chi connectivity index (χ2v) is 2.52. The van der Waals surface area contributed by atoms with Gasteiger partial charge >= 0.3 is 92.0 Å². The van der Waals surface area contributed by atoms with Crippen LogP contribution in [-0.2, 0) is 34.1 Å². The maximum atomic E-state index is 9.43. The number of carbonyl (C=O) groups is 2. The number of carboxylic acids is 2. The Balaban J connectivity index is -0.000000150. The van der Waals surface area contributed by atoms with Crippen LogP contribution in [0.1, 0.15) is 6.42 Å². The van der Waals surface area contributed by atoms with Crippen LogP contribution in [0.5, 0.6) is 0 Å². The maximum absolute atomic E-state index is 9.43. The normalized spacial score (nSPS) is 8.69. The molecule has 0 aromatic rings. The van der Waals surface area contributed by atoms with Crippen LogP contribution in [0.25, 0.3) is 0 Å². The summed E-state index contributed by atoms with van der Waals surface area (Å²) in [6, 6.07) is 0. The van der Waals surface area contributed by atoms with Crippen molar-refractivity contribution in [2.75, 3.05) is 0 Å². The molecule has 0 aliphatic rings. The van der Waals surface area contributed by atoms with Crippen LogP contribution in [0.3, 0.4) is 0 Å². The molecule has 2 N–H and O–H groups in total. The minimum atomic E-state index is -5.62. The van der Waals surface area contributed by atoms with Crippen LogP contribution in [-0.4, -0.2) is 22.2 Å². The van der Waals surface area contributed by atoms with Gasteiger partial charge < -0.3 is 10.2 Å². The predicted octanol–water partition coefficient (Wildman–Crippen LogP) is -5.00. The molecule has 0 amide bonds. The Kier molecular flexibility index (Phi) is 13.3. The second-order valence-electron chi connectivity index (χ2n) is 1.34. The zero-order valence-electron chi connectivity index (χ0n) is 6.43. The molecule has 0 aromatic heterocycles. The third-order valence-corrected chi connectivity index (χ3v) is 0.302. The van der Waals surface area contributed by atoms with E-state index in [0.717, 1.165) is 0 Å². The summed E-state index contributed by atoms with van der Waals surface area (Å²) >= 11 is -5.62. The van der Waals surface area contributed by atoms with Crippen LogP contribution in [0.15, 0.2) is 0 Å². The molecule has 8 nitrogen and oxygen atoms in total. The summed E-state index contributed by atoms with van der Waals surface area (Å²) in [4.78, 5) is 18.9. The SMILES string of the molecule is O=C(O)CC(=O)O.[K+].[O]=[Mn](=[O])(=[O])[O-]. The van der Waals surface area contributed by atoms with Crippen LogP contribution in [0.4, 0.5) is 0 Å². The van der Waals surface area contributed by atoms with E-state index in [2.05, 4.69) is 0 Å². The van der Waals surface area contributed by atoms with Gasteiger partial charge in [-0.2, -0.15) is 0 Å². The van der Waals surface area contributed by atoms with Crippen molar-refractivity contribution in [1.82, 2.24) is 0 Å². The monoisotopic (exact) mass is 262 g/mol. The molecule has 0 atom stereocenters. The van der Waals surface area contributed by atoms with Gasteiger partial charge in [0.2, 0.25) is 0 Å². The summed E-state index contributed by atoms with van der Waals surface area (Å²) < 4.78 is 34.3. The van der Waals surface area contributed by atoms with Crippen molar-refractivity contribution in [3.8, 4) is 0 Å². The Morgan fingerprint density at radius 2 is 1.23 bits per heavy atom. The van der Waals surface area contributed by atoms with Crippen LogP contribution >= 0.6 is 0 Å². The first-order chi connectivity index (χ1) is 5.13. The molecule has 0 bridgehead atoms. The molecule has 10 heteroatoms. The molecule has 0 unspecified atom stereocenters. The van der Waals surface area contributed by atoms with E-state index >= 15 is 0 Å². The fourth-order valence-electron chi connectivity index (χ4n) is 0.129. The third kappa shape index (κ3) is 68.6. The topological polar surface area (TPSA) is 149 Å². The standard InChI is InChI=1S/C3H4O4.K.Mn.4O/c4-2(5)1-3(6)7;;;;;;/h1H2,(H,4,5)(H,6,7);;;;;;/q;+1;;;;;-1. The number of hydrogen-bond donors (Lipinski definition) is 2. The molecule has 0 rings (SSSR count). The second kappa shape index (κ2) is 9.03. The van der Waals surface area contributed by atoms with Gasteiger partial charge in [0.15, 0.2) is 0 Å². The van der Waals surface area contributed by atoms with Gasteiger partial charge in [0, 0.05) is 0 Å². The van der Waals surface area contributed by atoms with Gasteiger partial charge in [-0.15, -0.1) is 0 Å². The van der Waals surface area contributed by atoms with Gasteiger partial charge in [0.1, 0.15) is 6.42 Å². The summed E-state index contributed by atoms with van der Waals surface area (Å²) in [6.45, 7) is 0. The van der Waals surface area contributed by atoms with Crippen molar-refractivity contribution in [1.29, 1.82) is 0 Å². The van der Waals surface area contributed by atoms with E-state index in [9.17, 15) is 9.59 Å². The van der Waals surface area contributed by atoms with Gasteiger partial charge in [-0.05, 0) is 0 Å². The zero-order valence-corrected chi connectivity index (χ0v) is 10.7. The van der Waals surface area contributed by atoms with Gasteiger partial charge in [-0.3, -0.25) is 9.59 Å². The van der Waals surface area contributed by atoms with Crippen molar-refractivity contribution >= 4 is 11.9 Å². The molecule has 0 aliphatic carbocycles. The first-order valence-corrected chi connectivity index (χ1v) is 4.11. The predicted molar refractivity (Wildman–Crippen MR) is 21.9 cm³/mol. The van der Waals surface area contributed by atoms with Crippen molar-refractivity contribution in [2.45, 2.75) is 6.42 Å². The van der Waals surface area contributed by atoms with E-state index in [-0.39, 0.29) is 51.4 Å². The molecule has 0 aliphatic heterocycles. The van der Waals surface area contributed by atoms with E-state index in [1.165, 1.54) is 0 Å². The number of rotatable bonds is 2. The van der Waals surface area contributed by atoms with E-state index in [0.29, 0.717) is 0 Å². The summed E-state index contributed by atoms with van der Waals surface area (Å²) in [5.74, 6) is -2.62. The summed E-state index contributed by atoms with van der Waals surface area (Å²) in [7, 11) is 0. The van der Waals surface area contributed by atoms with E-state index in [1.54, 1.807) is 0 Å². The number of aliphatic carboxylic acids is 2. The summed E-state index contributed by atoms with van der Waals surface area (Å²) in [6.07, 6.45) is -0.806. The summed E-state index contributed by atoms with van der Waals surface area (Å²) in [5.41, 5.74) is 0. The average Bonchev–Trinajstić information content (AvgIpc) is 1.52. The number of hydrogen-bond acceptors (Lipinski definition) is 6. The van der Waals surface area contributed by atoms with E-state index in [1.807, 2.05) is 0 Å². The Morgan fingerprint density at radius 3 is 1.23 bits per heavy atom. The summed E-state index contributed by atoms with van der Waals surface area (Å²) in [5, 5.41) is 15.4. The third-order valence-electron chi connectivity index (χ3n) is 0.302. The van der Waals surface area contributed by atoms with Crippen LogP contribution in [0, 0.1) is 0 Å². The average molecular weight is 262 g/mol. The Hall–Kier alpha value is 0.456. The number of carboxylic acid groups (broad SMARTS) is 2. The van der Waals surface area contributed by atoms with Crippen LogP contribution in [0.2, 0.25) is 0 Å². The van der Waals surface area contributed by atoms with Crippen molar-refractivity contribution in [3.63, 3.8) is 0 Å². The van der Waals surface area contributed by atoms with Gasteiger partial charge in [-0.1, -0.05) is 0 Å². The fourth-order valence-corrected chi connectivity index (χ4v) is 0.129. The van der Waals surface area contributed by atoms with Crippen molar-refractivity contribution < 1.29 is 99.9 Å². The zero-order chi connectivity index (χ0) is 10.4. The van der Waals surface area contributed by atoms with E-state index < -0.39 is 31.3 Å². The quantitative estimate of drug-likeness (QED) is 0.371. The first kappa shape index (κ1) is 19.1. The molecule has 0 saturated carbocycles. The van der Waals surface area contributed by atoms with Crippen molar-refractivity contribution in [3.05, 3.63) is 0 Å². The molecule has 13 heavy (non-hydrogen) atoms. The molecule has 72 valence electrons. The van der Waals surface area contributed by atoms with Crippen LogP contribution < -0.4 is 55.6 Å². The molecular formula is C3H4KMnO8. The van der Waals surface area contributed by atoms with Gasteiger partial charge in [0.05, 0.1) is 0 Å². The molecule has 0 heterocycles. The Morgan fingerprint density at radius 1 is 1.08 bits per heavy atom. The van der Waals surface area contributed by atoms with Gasteiger partial charge in [0.25, 0.3) is 0 Å². The molecule has 0 aromatic carbocycles. The van der Waals surface area contributed by atoms with E-state index in [4.69, 9.17) is 25.9 Å². The van der Waals surface area contributed by atoms with Gasteiger partial charge in [-0.25, -0.2) is 0 Å². The Bertz CT molecular complexity index is 282. The molecule has 0 saturated heterocycles. The first-order valence-electron chi connectivity index (χ1n) is 2.18.